The van der Waals surface area contributed by atoms with E-state index in [0.717, 1.165) is 22.7 Å². The standard InChI is InChI=1S/C11H10N2O2/c1-12-7-6-10-9(5-8-13(14)15)3-2-4-11(10)12/h2-8H,1H3. The fourth-order valence-corrected chi connectivity index (χ4v) is 1.61. The predicted molar refractivity (Wildman–Crippen MR) is 58.9 cm³/mol. The van der Waals surface area contributed by atoms with Gasteiger partial charge in [0.25, 0.3) is 0 Å². The zero-order valence-corrected chi connectivity index (χ0v) is 8.25. The maximum Gasteiger partial charge on any atom is 0.235 e. The van der Waals surface area contributed by atoms with Crippen LogP contribution in [-0.4, -0.2) is 9.49 Å². The Morgan fingerprint density at radius 2 is 2.20 bits per heavy atom. The Bertz CT molecular complexity index is 541. The van der Waals surface area contributed by atoms with Crippen molar-refractivity contribution >= 4 is 17.0 Å². The van der Waals surface area contributed by atoms with Crippen molar-refractivity contribution in [3.63, 3.8) is 0 Å². The predicted octanol–water partition coefficient (Wildman–Crippen LogP) is 2.43. The number of benzene rings is 1. The molecular weight excluding hydrogens is 192 g/mol. The van der Waals surface area contributed by atoms with Crippen molar-refractivity contribution in [1.82, 2.24) is 4.57 Å². The first kappa shape index (κ1) is 9.45. The fourth-order valence-electron chi connectivity index (χ4n) is 1.61. The van der Waals surface area contributed by atoms with Crippen molar-refractivity contribution < 1.29 is 4.92 Å². The van der Waals surface area contributed by atoms with Crippen molar-refractivity contribution in [2.24, 2.45) is 7.05 Å². The SMILES string of the molecule is Cn1ccc2c(C=C[N+](=O)[O-])cccc21. The molecule has 1 aromatic carbocycles. The topological polar surface area (TPSA) is 48.1 Å². The molecule has 1 heterocycles. The van der Waals surface area contributed by atoms with Crippen LogP contribution in [0.4, 0.5) is 0 Å². The molecule has 0 amide bonds. The number of hydrogen-bond acceptors (Lipinski definition) is 2. The van der Waals surface area contributed by atoms with Gasteiger partial charge >= 0.3 is 0 Å². The van der Waals surface area contributed by atoms with Gasteiger partial charge in [0.2, 0.25) is 6.20 Å². The van der Waals surface area contributed by atoms with Gasteiger partial charge in [0.05, 0.1) is 4.92 Å². The summed E-state index contributed by atoms with van der Waals surface area (Å²) in [5.41, 5.74) is 1.94. The molecule has 0 saturated carbocycles. The lowest BCUT2D eigenvalue weighted by Crippen LogP contribution is -1.85. The van der Waals surface area contributed by atoms with Gasteiger partial charge in [-0.15, -0.1) is 0 Å². The molecule has 1 aromatic heterocycles. The maximum absolute atomic E-state index is 10.2. The number of nitrogens with zero attached hydrogens (tertiary/aromatic N) is 2. The Balaban J connectivity index is 2.56. The molecule has 0 aliphatic heterocycles. The molecule has 0 N–H and O–H groups in total. The van der Waals surface area contributed by atoms with E-state index in [9.17, 15) is 10.1 Å². The number of hydrogen-bond donors (Lipinski definition) is 0. The summed E-state index contributed by atoms with van der Waals surface area (Å²) in [4.78, 5) is 9.77. The number of aryl methyl sites for hydroxylation is 1. The molecule has 2 rings (SSSR count). The van der Waals surface area contributed by atoms with E-state index in [1.165, 1.54) is 6.08 Å². The van der Waals surface area contributed by atoms with Gasteiger partial charge in [-0.25, -0.2) is 0 Å². The molecule has 4 nitrogen and oxygen atoms in total. The van der Waals surface area contributed by atoms with Gasteiger partial charge in [-0.3, -0.25) is 10.1 Å². The van der Waals surface area contributed by atoms with Crippen LogP contribution in [0.15, 0.2) is 36.7 Å². The summed E-state index contributed by atoms with van der Waals surface area (Å²) in [5, 5.41) is 11.3. The van der Waals surface area contributed by atoms with Crippen LogP contribution in [0.25, 0.3) is 17.0 Å². The molecule has 15 heavy (non-hydrogen) atoms. The molecule has 0 aliphatic carbocycles. The maximum atomic E-state index is 10.2. The largest absolute Gasteiger partial charge is 0.351 e. The highest BCUT2D eigenvalue weighted by Crippen LogP contribution is 2.20. The van der Waals surface area contributed by atoms with Crippen LogP contribution >= 0.6 is 0 Å². The van der Waals surface area contributed by atoms with E-state index in [1.54, 1.807) is 0 Å². The normalized spacial score (nSPS) is 11.3. The summed E-state index contributed by atoms with van der Waals surface area (Å²) >= 11 is 0. The van der Waals surface area contributed by atoms with Crippen LogP contribution in [0.1, 0.15) is 5.56 Å². The fraction of sp³-hybridized carbons (Fsp3) is 0.0909. The van der Waals surface area contributed by atoms with E-state index in [-0.39, 0.29) is 0 Å². The van der Waals surface area contributed by atoms with E-state index < -0.39 is 4.92 Å². The quantitative estimate of drug-likeness (QED) is 0.554. The van der Waals surface area contributed by atoms with Gasteiger partial charge in [0.1, 0.15) is 0 Å². The lowest BCUT2D eigenvalue weighted by atomic mass is 10.1. The second-order valence-corrected chi connectivity index (χ2v) is 3.31. The summed E-state index contributed by atoms with van der Waals surface area (Å²) in [5.74, 6) is 0. The van der Waals surface area contributed by atoms with Crippen molar-refractivity contribution in [1.29, 1.82) is 0 Å². The lowest BCUT2D eigenvalue weighted by molar-refractivity contribution is -0.400. The number of fused-ring (bicyclic) bond motifs is 1. The zero-order valence-electron chi connectivity index (χ0n) is 8.25. The second kappa shape index (κ2) is 3.57. The van der Waals surface area contributed by atoms with Crippen LogP contribution in [-0.2, 0) is 7.05 Å². The summed E-state index contributed by atoms with van der Waals surface area (Å²) in [7, 11) is 1.95. The highest BCUT2D eigenvalue weighted by atomic mass is 16.6. The number of aromatic nitrogens is 1. The summed E-state index contributed by atoms with van der Waals surface area (Å²) in [6, 6.07) is 7.69. The van der Waals surface area contributed by atoms with Crippen LogP contribution in [0.5, 0.6) is 0 Å². The van der Waals surface area contributed by atoms with E-state index in [0.29, 0.717) is 0 Å². The lowest BCUT2D eigenvalue weighted by Gasteiger charge is -1.97. The minimum absolute atomic E-state index is 0.457. The van der Waals surface area contributed by atoms with Crippen LogP contribution < -0.4 is 0 Å². The van der Waals surface area contributed by atoms with Gasteiger partial charge in [-0.2, -0.15) is 0 Å². The van der Waals surface area contributed by atoms with Gasteiger partial charge in [-0.05, 0) is 17.7 Å². The first-order valence-electron chi connectivity index (χ1n) is 4.54. The summed E-state index contributed by atoms with van der Waals surface area (Å²) < 4.78 is 1.98. The Labute approximate surface area is 86.6 Å². The minimum Gasteiger partial charge on any atom is -0.351 e. The monoisotopic (exact) mass is 202 g/mol. The highest BCUT2D eigenvalue weighted by molar-refractivity contribution is 5.88. The third-order valence-electron chi connectivity index (χ3n) is 2.34. The van der Waals surface area contributed by atoms with Crippen molar-refractivity contribution in [2.75, 3.05) is 0 Å². The molecule has 0 bridgehead atoms. The van der Waals surface area contributed by atoms with Crippen LogP contribution in [0.2, 0.25) is 0 Å². The Morgan fingerprint density at radius 1 is 1.40 bits per heavy atom. The molecule has 4 heteroatoms. The number of rotatable bonds is 2. The molecule has 0 aliphatic rings. The second-order valence-electron chi connectivity index (χ2n) is 3.31. The van der Waals surface area contributed by atoms with Crippen molar-refractivity contribution in [3.05, 3.63) is 52.3 Å². The highest BCUT2D eigenvalue weighted by Gasteiger charge is 2.01. The third-order valence-corrected chi connectivity index (χ3v) is 2.34. The molecular formula is C11H10N2O2. The first-order chi connectivity index (χ1) is 7.18. The summed E-state index contributed by atoms with van der Waals surface area (Å²) in [6.07, 6.45) is 4.41. The molecule has 76 valence electrons. The third kappa shape index (κ3) is 1.74. The zero-order chi connectivity index (χ0) is 10.8. The van der Waals surface area contributed by atoms with E-state index >= 15 is 0 Å². The van der Waals surface area contributed by atoms with Crippen LogP contribution in [0, 0.1) is 10.1 Å². The molecule has 0 radical (unpaired) electrons. The van der Waals surface area contributed by atoms with Gasteiger partial charge in [-0.1, -0.05) is 12.1 Å². The molecule has 0 atom stereocenters. The van der Waals surface area contributed by atoms with Crippen molar-refractivity contribution in [3.8, 4) is 0 Å². The average molecular weight is 202 g/mol. The minimum atomic E-state index is -0.457. The molecule has 0 saturated heterocycles. The Kier molecular flexibility index (Phi) is 2.25. The van der Waals surface area contributed by atoms with Crippen LogP contribution in [0.3, 0.4) is 0 Å². The van der Waals surface area contributed by atoms with E-state index in [2.05, 4.69) is 0 Å². The molecule has 0 spiro atoms. The van der Waals surface area contributed by atoms with Gasteiger partial charge in [0, 0.05) is 30.2 Å². The van der Waals surface area contributed by atoms with E-state index in [4.69, 9.17) is 0 Å². The molecule has 2 aromatic rings. The Hall–Kier alpha value is -2.10. The molecule has 0 unspecified atom stereocenters. The Morgan fingerprint density at radius 3 is 2.93 bits per heavy atom. The first-order valence-corrected chi connectivity index (χ1v) is 4.54. The molecule has 0 fully saturated rings. The smallest absolute Gasteiger partial charge is 0.235 e. The van der Waals surface area contributed by atoms with Crippen molar-refractivity contribution in [2.45, 2.75) is 0 Å². The number of nitro groups is 1. The summed E-state index contributed by atoms with van der Waals surface area (Å²) in [6.45, 7) is 0. The van der Waals surface area contributed by atoms with Gasteiger partial charge in [0.15, 0.2) is 0 Å². The van der Waals surface area contributed by atoms with E-state index in [1.807, 2.05) is 42.1 Å². The average Bonchev–Trinajstić information content (AvgIpc) is 2.58. The van der Waals surface area contributed by atoms with Gasteiger partial charge < -0.3 is 4.57 Å².